The third-order valence-corrected chi connectivity index (χ3v) is 3.17. The minimum atomic E-state index is -4.96. The Bertz CT molecular complexity index is 487. The number of aliphatic hydroxyl groups is 4. The van der Waals surface area contributed by atoms with Crippen LogP contribution in [0.15, 0.2) is 0 Å². The van der Waals surface area contributed by atoms with Crippen LogP contribution in [0.5, 0.6) is 0 Å². The van der Waals surface area contributed by atoms with Crippen LogP contribution >= 0.6 is 7.82 Å². The molecule has 0 aromatic carbocycles. The average Bonchev–Trinajstić information content (AvgIpc) is 2.38. The molecule has 5 atom stereocenters. The molecule has 0 radical (unpaired) electrons. The van der Waals surface area contributed by atoms with Crippen LogP contribution in [-0.2, 0) is 28.2 Å². The van der Waals surface area contributed by atoms with Crippen molar-refractivity contribution in [1.29, 1.82) is 0 Å². The molecule has 1 heterocycles. The molecule has 1 rings (SSSR count). The Labute approximate surface area is 123 Å². The summed E-state index contributed by atoms with van der Waals surface area (Å²) in [6.45, 7) is -0.226. The van der Waals surface area contributed by atoms with Crippen LogP contribution < -0.4 is 0 Å². The van der Waals surface area contributed by atoms with E-state index in [1.54, 1.807) is 0 Å². The van der Waals surface area contributed by atoms with Gasteiger partial charge in [-0.05, 0) is 0 Å². The maximum Gasteiger partial charge on any atom is 0.469 e. The van der Waals surface area contributed by atoms with Gasteiger partial charge in [0.2, 0.25) is 5.78 Å². The fraction of sp³-hybridized carbons (Fsp3) is 0.778. The molecule has 1 aliphatic heterocycles. The van der Waals surface area contributed by atoms with Crippen molar-refractivity contribution in [3.63, 3.8) is 0 Å². The van der Waals surface area contributed by atoms with E-state index in [2.05, 4.69) is 14.0 Å². The Morgan fingerprint density at radius 1 is 1.23 bits per heavy atom. The second kappa shape index (κ2) is 6.66. The first-order valence-electron chi connectivity index (χ1n) is 5.76. The van der Waals surface area contributed by atoms with E-state index in [4.69, 9.17) is 9.79 Å². The lowest BCUT2D eigenvalue weighted by atomic mass is 9.98. The van der Waals surface area contributed by atoms with Gasteiger partial charge in [0.15, 0.2) is 6.10 Å². The smallest absolute Gasteiger partial charge is 0.400 e. The van der Waals surface area contributed by atoms with E-state index in [0.717, 1.165) is 6.92 Å². The molecule has 0 spiro atoms. The van der Waals surface area contributed by atoms with Crippen LogP contribution in [0.3, 0.4) is 0 Å². The molecule has 13 heteroatoms. The molecule has 1 saturated heterocycles. The Morgan fingerprint density at radius 3 is 2.23 bits per heavy atom. The summed E-state index contributed by atoms with van der Waals surface area (Å²) in [4.78, 5) is 39.0. The normalized spacial score (nSPS) is 36.0. The molecule has 0 aromatic heterocycles. The lowest BCUT2D eigenvalue weighted by Gasteiger charge is -2.43. The van der Waals surface area contributed by atoms with Gasteiger partial charge < -0.3 is 39.7 Å². The SMILES string of the molecule is CC(=O)C(=O)O[C@@]1(O)O[C@H](COP(=O)(O)O)[C@@H](O)[C@H](O)[C@H]1O. The number of hydrogen-bond acceptors (Lipinski definition) is 10. The minimum Gasteiger partial charge on any atom is -0.400 e. The zero-order valence-corrected chi connectivity index (χ0v) is 12.0. The maximum absolute atomic E-state index is 11.2. The third-order valence-electron chi connectivity index (χ3n) is 2.68. The van der Waals surface area contributed by atoms with Crippen molar-refractivity contribution in [3.05, 3.63) is 0 Å². The molecule has 22 heavy (non-hydrogen) atoms. The summed E-state index contributed by atoms with van der Waals surface area (Å²) >= 11 is 0. The van der Waals surface area contributed by atoms with Crippen LogP contribution in [0.2, 0.25) is 0 Å². The highest BCUT2D eigenvalue weighted by Gasteiger charge is 2.56. The van der Waals surface area contributed by atoms with Crippen molar-refractivity contribution in [2.75, 3.05) is 6.61 Å². The lowest BCUT2D eigenvalue weighted by molar-refractivity contribution is -0.432. The van der Waals surface area contributed by atoms with E-state index in [1.165, 1.54) is 0 Å². The Balaban J connectivity index is 2.91. The van der Waals surface area contributed by atoms with Crippen molar-refractivity contribution in [1.82, 2.24) is 0 Å². The minimum absolute atomic E-state index is 0.792. The Hall–Kier alpha value is -0.950. The third kappa shape index (κ3) is 4.52. The Kier molecular flexibility index (Phi) is 5.78. The molecule has 1 fully saturated rings. The van der Waals surface area contributed by atoms with E-state index in [1.807, 2.05) is 0 Å². The fourth-order valence-electron chi connectivity index (χ4n) is 1.57. The highest BCUT2D eigenvalue weighted by molar-refractivity contribution is 7.46. The predicted molar refractivity (Wildman–Crippen MR) is 62.6 cm³/mol. The number of esters is 1. The summed E-state index contributed by atoms with van der Waals surface area (Å²) in [5, 5.41) is 38.6. The quantitative estimate of drug-likeness (QED) is 0.124. The zero-order chi connectivity index (χ0) is 17.3. The summed E-state index contributed by atoms with van der Waals surface area (Å²) in [5.74, 6) is -5.99. The van der Waals surface area contributed by atoms with Crippen LogP contribution in [0.25, 0.3) is 0 Å². The van der Waals surface area contributed by atoms with Gasteiger partial charge in [-0.1, -0.05) is 0 Å². The zero-order valence-electron chi connectivity index (χ0n) is 11.1. The van der Waals surface area contributed by atoms with E-state index in [9.17, 15) is 34.6 Å². The number of ether oxygens (including phenoxy) is 2. The van der Waals surface area contributed by atoms with Crippen molar-refractivity contribution in [2.24, 2.45) is 0 Å². The number of ketones is 1. The van der Waals surface area contributed by atoms with Crippen LogP contribution in [0.4, 0.5) is 0 Å². The molecule has 6 N–H and O–H groups in total. The summed E-state index contributed by atoms with van der Waals surface area (Å²) in [7, 11) is -4.96. The molecule has 1 aliphatic rings. The number of hydrogen-bond donors (Lipinski definition) is 6. The number of phosphoric ester groups is 1. The summed E-state index contributed by atoms with van der Waals surface area (Å²) in [6, 6.07) is 0. The highest BCUT2D eigenvalue weighted by Crippen LogP contribution is 2.38. The molecule has 0 saturated carbocycles. The standard InChI is InChI=1S/C9H15O12P/c1-3(10)8(14)21-9(15)7(13)6(12)5(11)4(20-9)2-19-22(16,17)18/h4-7,11-13,15H,2H2,1H3,(H2,16,17,18)/t4-,5-,6+,7-,9+/m1/s1. The number of phosphoric acid groups is 1. The first kappa shape index (κ1) is 19.1. The molecule has 128 valence electrons. The highest BCUT2D eigenvalue weighted by atomic mass is 31.2. The Morgan fingerprint density at radius 2 is 1.77 bits per heavy atom. The van der Waals surface area contributed by atoms with Gasteiger partial charge in [0, 0.05) is 6.92 Å². The van der Waals surface area contributed by atoms with Gasteiger partial charge >= 0.3 is 19.8 Å². The van der Waals surface area contributed by atoms with E-state index in [0.29, 0.717) is 0 Å². The first-order valence-corrected chi connectivity index (χ1v) is 7.29. The van der Waals surface area contributed by atoms with E-state index >= 15 is 0 Å². The molecule has 0 aromatic rings. The van der Waals surface area contributed by atoms with Gasteiger partial charge in [-0.2, -0.15) is 0 Å². The van der Waals surface area contributed by atoms with Crippen LogP contribution in [0, 0.1) is 0 Å². The number of carbonyl (C=O) groups is 2. The van der Waals surface area contributed by atoms with Crippen LogP contribution in [-0.4, -0.2) is 79.0 Å². The molecule has 0 unspecified atom stereocenters. The van der Waals surface area contributed by atoms with Gasteiger partial charge in [0.1, 0.15) is 18.3 Å². The van der Waals surface area contributed by atoms with Gasteiger partial charge in [-0.15, -0.1) is 0 Å². The van der Waals surface area contributed by atoms with Gasteiger partial charge in [0.25, 0.3) is 0 Å². The summed E-state index contributed by atoms with van der Waals surface area (Å²) < 4.78 is 23.4. The molecule has 0 amide bonds. The average molecular weight is 346 g/mol. The van der Waals surface area contributed by atoms with E-state index in [-0.39, 0.29) is 0 Å². The topological polar surface area (TPSA) is 200 Å². The second-order valence-electron chi connectivity index (χ2n) is 4.45. The number of Topliss-reactive ketones (excluding diaryl/α,β-unsaturated/α-hetero) is 1. The molecule has 0 bridgehead atoms. The van der Waals surface area contributed by atoms with Crippen molar-refractivity contribution >= 4 is 19.6 Å². The molecular weight excluding hydrogens is 331 g/mol. The summed E-state index contributed by atoms with van der Waals surface area (Å²) in [6.07, 6.45) is -8.19. The largest absolute Gasteiger partial charge is 0.469 e. The molecular formula is C9H15O12P. The van der Waals surface area contributed by atoms with Crippen molar-refractivity contribution in [3.8, 4) is 0 Å². The maximum atomic E-state index is 11.2. The van der Waals surface area contributed by atoms with E-state index < -0.39 is 56.6 Å². The lowest BCUT2D eigenvalue weighted by Crippen LogP contribution is -2.66. The predicted octanol–water partition coefficient (Wildman–Crippen LogP) is -3.64. The van der Waals surface area contributed by atoms with Crippen molar-refractivity contribution < 1.29 is 58.4 Å². The monoisotopic (exact) mass is 346 g/mol. The van der Waals surface area contributed by atoms with Gasteiger partial charge in [-0.25, -0.2) is 9.36 Å². The van der Waals surface area contributed by atoms with Crippen LogP contribution in [0.1, 0.15) is 6.92 Å². The first-order chi connectivity index (χ1) is 9.87. The second-order valence-corrected chi connectivity index (χ2v) is 5.68. The number of carbonyl (C=O) groups excluding carboxylic acids is 2. The number of rotatable bonds is 5. The fourth-order valence-corrected chi connectivity index (χ4v) is 1.91. The summed E-state index contributed by atoms with van der Waals surface area (Å²) in [5.41, 5.74) is 0. The molecule has 12 nitrogen and oxygen atoms in total. The van der Waals surface area contributed by atoms with Gasteiger partial charge in [0.05, 0.1) is 6.61 Å². The van der Waals surface area contributed by atoms with Crippen molar-refractivity contribution in [2.45, 2.75) is 37.3 Å². The number of aliphatic hydroxyl groups excluding tert-OH is 3. The molecule has 0 aliphatic carbocycles. The van der Waals surface area contributed by atoms with Gasteiger partial charge in [-0.3, -0.25) is 9.32 Å².